The predicted molar refractivity (Wildman–Crippen MR) is 81.4 cm³/mol. The van der Waals surface area contributed by atoms with Gasteiger partial charge in [-0.15, -0.1) is 0 Å². The summed E-state index contributed by atoms with van der Waals surface area (Å²) in [4.78, 5) is 12.2. The molecule has 0 atom stereocenters. The third kappa shape index (κ3) is 3.50. The number of nitriles is 1. The molecule has 0 spiro atoms. The van der Waals surface area contributed by atoms with E-state index in [0.717, 1.165) is 11.3 Å². The highest BCUT2D eigenvalue weighted by Crippen LogP contribution is 2.25. The fraction of sp³-hybridized carbons (Fsp3) is 0.133. The first kappa shape index (κ1) is 14.8. The van der Waals surface area contributed by atoms with Crippen molar-refractivity contribution in [3.63, 3.8) is 0 Å². The standard InChI is InChI=1S/C15H12ClN3O2/c1-18(13-5-2-11(9-17)3-6-13)10-12-4-7-14(19(20)21)8-15(12)16/h2-8H,10H2,1H3. The van der Waals surface area contributed by atoms with Gasteiger partial charge >= 0.3 is 0 Å². The van der Waals surface area contributed by atoms with E-state index in [1.54, 1.807) is 18.2 Å². The van der Waals surface area contributed by atoms with Gasteiger partial charge in [-0.2, -0.15) is 5.26 Å². The predicted octanol–water partition coefficient (Wildman–Crippen LogP) is 3.76. The lowest BCUT2D eigenvalue weighted by Crippen LogP contribution is -2.16. The highest BCUT2D eigenvalue weighted by atomic mass is 35.5. The third-order valence-electron chi connectivity index (χ3n) is 3.09. The molecule has 0 aromatic heterocycles. The summed E-state index contributed by atoms with van der Waals surface area (Å²) < 4.78 is 0. The van der Waals surface area contributed by atoms with E-state index in [9.17, 15) is 10.1 Å². The molecular formula is C15H12ClN3O2. The minimum Gasteiger partial charge on any atom is -0.370 e. The summed E-state index contributed by atoms with van der Waals surface area (Å²) in [7, 11) is 1.89. The summed E-state index contributed by atoms with van der Waals surface area (Å²) in [6.45, 7) is 0.517. The lowest BCUT2D eigenvalue weighted by atomic mass is 10.1. The number of nitrogens with zero attached hydrogens (tertiary/aromatic N) is 3. The van der Waals surface area contributed by atoms with Crippen LogP contribution < -0.4 is 4.90 Å². The Bertz CT molecular complexity index is 708. The number of non-ortho nitro benzene ring substituents is 1. The molecule has 0 saturated carbocycles. The first-order valence-corrected chi connectivity index (χ1v) is 6.53. The fourth-order valence-electron chi connectivity index (χ4n) is 1.92. The number of nitro benzene ring substituents is 1. The van der Waals surface area contributed by atoms with E-state index >= 15 is 0 Å². The van der Waals surface area contributed by atoms with Gasteiger partial charge in [-0.25, -0.2) is 0 Å². The summed E-state index contributed by atoms with van der Waals surface area (Å²) >= 11 is 6.08. The van der Waals surface area contributed by atoms with Gasteiger partial charge in [0, 0.05) is 31.4 Å². The number of rotatable bonds is 4. The molecule has 6 heteroatoms. The Hall–Kier alpha value is -2.58. The van der Waals surface area contributed by atoms with Crippen LogP contribution in [0.4, 0.5) is 11.4 Å². The maximum Gasteiger partial charge on any atom is 0.270 e. The lowest BCUT2D eigenvalue weighted by Gasteiger charge is -2.20. The van der Waals surface area contributed by atoms with Gasteiger partial charge in [-0.1, -0.05) is 11.6 Å². The molecule has 0 amide bonds. The molecule has 0 saturated heterocycles. The Labute approximate surface area is 127 Å². The molecule has 0 heterocycles. The zero-order valence-electron chi connectivity index (χ0n) is 11.3. The second kappa shape index (κ2) is 6.25. The van der Waals surface area contributed by atoms with Gasteiger partial charge in [0.15, 0.2) is 0 Å². The van der Waals surface area contributed by atoms with E-state index in [4.69, 9.17) is 16.9 Å². The van der Waals surface area contributed by atoms with Gasteiger partial charge in [0.2, 0.25) is 0 Å². The lowest BCUT2D eigenvalue weighted by molar-refractivity contribution is -0.384. The minimum absolute atomic E-state index is 0.0234. The Balaban J connectivity index is 2.17. The zero-order chi connectivity index (χ0) is 15.4. The Morgan fingerprint density at radius 2 is 1.95 bits per heavy atom. The molecule has 21 heavy (non-hydrogen) atoms. The maximum absolute atomic E-state index is 10.7. The molecule has 2 aromatic carbocycles. The number of benzene rings is 2. The topological polar surface area (TPSA) is 70.2 Å². The van der Waals surface area contributed by atoms with Crippen molar-refractivity contribution in [2.24, 2.45) is 0 Å². The van der Waals surface area contributed by atoms with E-state index < -0.39 is 4.92 Å². The summed E-state index contributed by atoms with van der Waals surface area (Å²) in [6, 6.07) is 13.7. The molecule has 0 N–H and O–H groups in total. The van der Waals surface area contributed by atoms with E-state index in [1.807, 2.05) is 24.1 Å². The molecule has 2 aromatic rings. The SMILES string of the molecule is CN(Cc1ccc([N+](=O)[O-])cc1Cl)c1ccc(C#N)cc1. The van der Waals surface area contributed by atoms with Crippen LogP contribution >= 0.6 is 11.6 Å². The van der Waals surface area contributed by atoms with Crippen LogP contribution in [0, 0.1) is 21.4 Å². The van der Waals surface area contributed by atoms with Gasteiger partial charge in [0.1, 0.15) is 0 Å². The van der Waals surface area contributed by atoms with Crippen molar-refractivity contribution in [1.29, 1.82) is 5.26 Å². The number of halogens is 1. The second-order valence-electron chi connectivity index (χ2n) is 4.55. The van der Waals surface area contributed by atoms with Crippen molar-refractivity contribution in [1.82, 2.24) is 0 Å². The van der Waals surface area contributed by atoms with Gasteiger partial charge in [0.05, 0.1) is 21.6 Å². The average Bonchev–Trinajstić information content (AvgIpc) is 2.49. The Kier molecular flexibility index (Phi) is 4.41. The number of hydrogen-bond donors (Lipinski definition) is 0. The quantitative estimate of drug-likeness (QED) is 0.637. The van der Waals surface area contributed by atoms with Crippen LogP contribution in [-0.2, 0) is 6.54 Å². The molecule has 0 aliphatic carbocycles. The molecule has 106 valence electrons. The van der Waals surface area contributed by atoms with E-state index in [2.05, 4.69) is 6.07 Å². The Morgan fingerprint density at radius 3 is 2.48 bits per heavy atom. The van der Waals surface area contributed by atoms with Crippen molar-refractivity contribution >= 4 is 23.0 Å². The van der Waals surface area contributed by atoms with Crippen LogP contribution in [0.25, 0.3) is 0 Å². The second-order valence-corrected chi connectivity index (χ2v) is 4.95. The van der Waals surface area contributed by atoms with Crippen molar-refractivity contribution < 1.29 is 4.92 Å². The van der Waals surface area contributed by atoms with E-state index in [-0.39, 0.29) is 5.69 Å². The third-order valence-corrected chi connectivity index (χ3v) is 3.44. The minimum atomic E-state index is -0.472. The molecule has 0 fully saturated rings. The van der Waals surface area contributed by atoms with E-state index in [0.29, 0.717) is 17.1 Å². The summed E-state index contributed by atoms with van der Waals surface area (Å²) in [6.07, 6.45) is 0. The zero-order valence-corrected chi connectivity index (χ0v) is 12.0. The van der Waals surface area contributed by atoms with Gasteiger partial charge in [-0.05, 0) is 35.9 Å². The van der Waals surface area contributed by atoms with Crippen LogP contribution in [-0.4, -0.2) is 12.0 Å². The van der Waals surface area contributed by atoms with Gasteiger partial charge < -0.3 is 4.90 Å². The fourth-order valence-corrected chi connectivity index (χ4v) is 2.15. The Morgan fingerprint density at radius 1 is 1.29 bits per heavy atom. The van der Waals surface area contributed by atoms with Crippen LogP contribution in [0.3, 0.4) is 0 Å². The summed E-state index contributed by atoms with van der Waals surface area (Å²) in [5.74, 6) is 0. The van der Waals surface area contributed by atoms with Gasteiger partial charge in [-0.3, -0.25) is 10.1 Å². The normalized spacial score (nSPS) is 9.95. The van der Waals surface area contributed by atoms with Crippen LogP contribution in [0.1, 0.15) is 11.1 Å². The first-order chi connectivity index (χ1) is 10.0. The summed E-state index contributed by atoms with van der Waals surface area (Å²) in [5, 5.41) is 19.8. The van der Waals surface area contributed by atoms with Crippen molar-refractivity contribution in [2.75, 3.05) is 11.9 Å². The average molecular weight is 302 g/mol. The monoisotopic (exact) mass is 301 g/mol. The smallest absolute Gasteiger partial charge is 0.270 e. The molecular weight excluding hydrogens is 290 g/mol. The molecule has 0 radical (unpaired) electrons. The molecule has 0 aliphatic rings. The molecule has 0 aliphatic heterocycles. The van der Waals surface area contributed by atoms with Crippen LogP contribution in [0.2, 0.25) is 5.02 Å². The molecule has 5 nitrogen and oxygen atoms in total. The molecule has 0 bridgehead atoms. The number of nitro groups is 1. The molecule has 0 unspecified atom stereocenters. The molecule has 2 rings (SSSR count). The van der Waals surface area contributed by atoms with E-state index in [1.165, 1.54) is 12.1 Å². The van der Waals surface area contributed by atoms with Crippen molar-refractivity contribution in [2.45, 2.75) is 6.54 Å². The maximum atomic E-state index is 10.7. The van der Waals surface area contributed by atoms with Crippen molar-refractivity contribution in [3.05, 3.63) is 68.7 Å². The highest BCUT2D eigenvalue weighted by Gasteiger charge is 2.11. The van der Waals surface area contributed by atoms with Crippen LogP contribution in [0.5, 0.6) is 0 Å². The number of anilines is 1. The number of hydrogen-bond acceptors (Lipinski definition) is 4. The van der Waals surface area contributed by atoms with Gasteiger partial charge in [0.25, 0.3) is 5.69 Å². The summed E-state index contributed by atoms with van der Waals surface area (Å²) in [5.41, 5.74) is 2.31. The van der Waals surface area contributed by atoms with Crippen molar-refractivity contribution in [3.8, 4) is 6.07 Å². The first-order valence-electron chi connectivity index (χ1n) is 6.15. The highest BCUT2D eigenvalue weighted by molar-refractivity contribution is 6.31. The van der Waals surface area contributed by atoms with Crippen LogP contribution in [0.15, 0.2) is 42.5 Å². The largest absolute Gasteiger partial charge is 0.370 e.